The summed E-state index contributed by atoms with van der Waals surface area (Å²) in [6, 6.07) is 12.0. The first-order valence-electron chi connectivity index (χ1n) is 10.1. The van der Waals surface area contributed by atoms with Gasteiger partial charge in [-0.2, -0.15) is 5.10 Å². The molecule has 0 atom stereocenters. The van der Waals surface area contributed by atoms with Gasteiger partial charge in [0.05, 0.1) is 23.6 Å². The Hall–Kier alpha value is -3.37. The molecule has 0 amide bonds. The van der Waals surface area contributed by atoms with Crippen LogP contribution in [0.15, 0.2) is 53.9 Å². The predicted octanol–water partition coefficient (Wildman–Crippen LogP) is 3.37. The fraction of sp³-hybridized carbons (Fsp3) is 0.238. The van der Waals surface area contributed by atoms with E-state index in [2.05, 4.69) is 52.1 Å². The molecular weight excluding hydrogens is 410 g/mol. The highest BCUT2D eigenvalue weighted by molar-refractivity contribution is 7.98. The zero-order valence-electron chi connectivity index (χ0n) is 17.1. The number of benzene rings is 1. The summed E-state index contributed by atoms with van der Waals surface area (Å²) in [6.07, 6.45) is 5.67. The number of hydrogen-bond donors (Lipinski definition) is 4. The number of hydrogen-bond acceptors (Lipinski definition) is 9. The van der Waals surface area contributed by atoms with Gasteiger partial charge in [-0.1, -0.05) is 11.8 Å². The normalized spacial score (nSPS) is 14.0. The van der Waals surface area contributed by atoms with Crippen molar-refractivity contribution >= 4 is 51.5 Å². The maximum atomic E-state index is 4.58. The maximum absolute atomic E-state index is 4.58. The summed E-state index contributed by atoms with van der Waals surface area (Å²) in [5.74, 6) is 2.14. The molecule has 5 rings (SSSR count). The number of H-pyrrole nitrogens is 1. The summed E-state index contributed by atoms with van der Waals surface area (Å²) < 4.78 is 0. The standard InChI is InChI=1S/C21H23N9S/c1-31-21-27-19(25-15-2-4-17-14(10-15)12-24-29-17)11-20(28-21)26-18-5-3-16(13-23-18)30-8-6-22-7-9-30/h2-5,10-13,22H,6-9H2,1H3,(H,24,29)(H2,23,25,26,27,28). The topological polar surface area (TPSA) is 107 Å². The Kier molecular flexibility index (Phi) is 5.55. The van der Waals surface area contributed by atoms with Crippen molar-refractivity contribution in [3.05, 3.63) is 48.8 Å². The molecule has 0 radical (unpaired) electrons. The van der Waals surface area contributed by atoms with Crippen LogP contribution in [0.3, 0.4) is 0 Å². The number of nitrogens with one attached hydrogen (secondary N) is 4. The van der Waals surface area contributed by atoms with Crippen LogP contribution in [0.4, 0.5) is 28.8 Å². The molecule has 1 fully saturated rings. The molecule has 0 aliphatic carbocycles. The number of piperazine rings is 1. The van der Waals surface area contributed by atoms with Gasteiger partial charge in [-0.15, -0.1) is 0 Å². The van der Waals surface area contributed by atoms with Crippen molar-refractivity contribution in [1.29, 1.82) is 0 Å². The number of aromatic nitrogens is 5. The highest BCUT2D eigenvalue weighted by Crippen LogP contribution is 2.25. The molecule has 4 aromatic rings. The van der Waals surface area contributed by atoms with Gasteiger partial charge in [0, 0.05) is 43.3 Å². The zero-order valence-corrected chi connectivity index (χ0v) is 17.9. The van der Waals surface area contributed by atoms with E-state index in [1.807, 2.05) is 42.8 Å². The van der Waals surface area contributed by atoms with Crippen molar-refractivity contribution in [2.45, 2.75) is 5.16 Å². The third-order valence-electron chi connectivity index (χ3n) is 5.09. The van der Waals surface area contributed by atoms with Crippen LogP contribution in [0.5, 0.6) is 0 Å². The van der Waals surface area contributed by atoms with E-state index in [1.54, 1.807) is 6.20 Å². The Balaban J connectivity index is 1.34. The molecule has 3 aromatic heterocycles. The highest BCUT2D eigenvalue weighted by atomic mass is 32.2. The first kappa shape index (κ1) is 19.6. The Morgan fingerprint density at radius 1 is 0.935 bits per heavy atom. The average Bonchev–Trinajstić information content (AvgIpc) is 3.28. The Bertz CT molecular complexity index is 1170. The summed E-state index contributed by atoms with van der Waals surface area (Å²) in [5.41, 5.74) is 3.07. The monoisotopic (exact) mass is 433 g/mol. The van der Waals surface area contributed by atoms with Crippen LogP contribution in [-0.2, 0) is 0 Å². The lowest BCUT2D eigenvalue weighted by molar-refractivity contribution is 0.589. The minimum atomic E-state index is 0.675. The number of rotatable bonds is 6. The molecule has 4 N–H and O–H groups in total. The zero-order chi connectivity index (χ0) is 21.0. The van der Waals surface area contributed by atoms with Gasteiger partial charge >= 0.3 is 0 Å². The molecule has 1 saturated heterocycles. The average molecular weight is 434 g/mol. The van der Waals surface area contributed by atoms with E-state index < -0.39 is 0 Å². The molecule has 0 spiro atoms. The van der Waals surface area contributed by atoms with Gasteiger partial charge < -0.3 is 20.9 Å². The van der Waals surface area contributed by atoms with Gasteiger partial charge in [0.2, 0.25) is 0 Å². The lowest BCUT2D eigenvalue weighted by Gasteiger charge is -2.29. The Morgan fingerprint density at radius 2 is 1.77 bits per heavy atom. The summed E-state index contributed by atoms with van der Waals surface area (Å²) in [7, 11) is 0. The van der Waals surface area contributed by atoms with E-state index in [0.717, 1.165) is 54.3 Å². The van der Waals surface area contributed by atoms with Crippen LogP contribution in [0.25, 0.3) is 10.9 Å². The van der Waals surface area contributed by atoms with Gasteiger partial charge in [-0.05, 0) is 36.6 Å². The van der Waals surface area contributed by atoms with Gasteiger partial charge in [0.15, 0.2) is 5.16 Å². The highest BCUT2D eigenvalue weighted by Gasteiger charge is 2.11. The van der Waals surface area contributed by atoms with Crippen molar-refractivity contribution < 1.29 is 0 Å². The van der Waals surface area contributed by atoms with Crippen molar-refractivity contribution in [2.24, 2.45) is 0 Å². The number of thioether (sulfide) groups is 1. The van der Waals surface area contributed by atoms with Crippen molar-refractivity contribution in [2.75, 3.05) is 48.0 Å². The lowest BCUT2D eigenvalue weighted by Crippen LogP contribution is -2.43. The minimum Gasteiger partial charge on any atom is -0.368 e. The summed E-state index contributed by atoms with van der Waals surface area (Å²) >= 11 is 1.49. The molecule has 31 heavy (non-hydrogen) atoms. The molecule has 4 heterocycles. The van der Waals surface area contributed by atoms with E-state index >= 15 is 0 Å². The molecule has 9 nitrogen and oxygen atoms in total. The number of fused-ring (bicyclic) bond motifs is 1. The van der Waals surface area contributed by atoms with E-state index in [-0.39, 0.29) is 0 Å². The lowest BCUT2D eigenvalue weighted by atomic mass is 10.2. The summed E-state index contributed by atoms with van der Waals surface area (Å²) in [5, 5.41) is 18.8. The molecule has 1 aliphatic rings. The van der Waals surface area contributed by atoms with E-state index in [0.29, 0.717) is 16.8 Å². The number of nitrogens with zero attached hydrogens (tertiary/aromatic N) is 5. The molecule has 0 unspecified atom stereocenters. The minimum absolute atomic E-state index is 0.675. The van der Waals surface area contributed by atoms with Gasteiger partial charge in [0.25, 0.3) is 0 Å². The molecule has 0 saturated carbocycles. The molecule has 0 bridgehead atoms. The third kappa shape index (κ3) is 4.54. The Morgan fingerprint density at radius 3 is 2.55 bits per heavy atom. The second-order valence-electron chi connectivity index (χ2n) is 7.19. The number of anilines is 5. The smallest absolute Gasteiger partial charge is 0.191 e. The SMILES string of the molecule is CSc1nc(Nc2ccc3[nH]ncc3c2)cc(Nc2ccc(N3CCNCC3)cn2)n1. The van der Waals surface area contributed by atoms with Crippen LogP contribution < -0.4 is 20.9 Å². The van der Waals surface area contributed by atoms with Crippen LogP contribution in [-0.4, -0.2) is 57.6 Å². The van der Waals surface area contributed by atoms with Gasteiger partial charge in [0.1, 0.15) is 17.5 Å². The molecule has 10 heteroatoms. The van der Waals surface area contributed by atoms with Crippen LogP contribution in [0.2, 0.25) is 0 Å². The number of pyridine rings is 1. The van der Waals surface area contributed by atoms with Crippen molar-refractivity contribution in [3.63, 3.8) is 0 Å². The van der Waals surface area contributed by atoms with Gasteiger partial charge in [-0.3, -0.25) is 5.10 Å². The quantitative estimate of drug-likeness (QED) is 0.269. The van der Waals surface area contributed by atoms with E-state index in [9.17, 15) is 0 Å². The van der Waals surface area contributed by atoms with Crippen LogP contribution >= 0.6 is 11.8 Å². The third-order valence-corrected chi connectivity index (χ3v) is 5.63. The molecule has 158 valence electrons. The van der Waals surface area contributed by atoms with E-state index in [4.69, 9.17) is 0 Å². The predicted molar refractivity (Wildman–Crippen MR) is 126 cm³/mol. The molecule has 1 aliphatic heterocycles. The maximum Gasteiger partial charge on any atom is 0.191 e. The second kappa shape index (κ2) is 8.78. The second-order valence-corrected chi connectivity index (χ2v) is 7.96. The number of aromatic amines is 1. The van der Waals surface area contributed by atoms with Crippen molar-refractivity contribution in [3.8, 4) is 0 Å². The van der Waals surface area contributed by atoms with Gasteiger partial charge in [-0.25, -0.2) is 15.0 Å². The summed E-state index contributed by atoms with van der Waals surface area (Å²) in [6.45, 7) is 4.00. The fourth-order valence-corrected chi connectivity index (χ4v) is 3.89. The first-order chi connectivity index (χ1) is 15.3. The van der Waals surface area contributed by atoms with Crippen LogP contribution in [0, 0.1) is 0 Å². The first-order valence-corrected chi connectivity index (χ1v) is 11.3. The fourth-order valence-electron chi connectivity index (χ4n) is 3.51. The molecular formula is C21H23N9S. The van der Waals surface area contributed by atoms with Crippen molar-refractivity contribution in [1.82, 2.24) is 30.5 Å². The molecule has 1 aromatic carbocycles. The summed E-state index contributed by atoms with van der Waals surface area (Å²) in [4.78, 5) is 16.1. The van der Waals surface area contributed by atoms with Crippen LogP contribution in [0.1, 0.15) is 0 Å². The largest absolute Gasteiger partial charge is 0.368 e. The van der Waals surface area contributed by atoms with E-state index in [1.165, 1.54) is 11.8 Å². The Labute approximate surface area is 184 Å².